The highest BCUT2D eigenvalue weighted by molar-refractivity contribution is 7.92. The van der Waals surface area contributed by atoms with Crippen LogP contribution in [0, 0.1) is 6.92 Å². The standard InChI is InChI=1S/C15H18N2O3S/c1-11-3-5-13(6-4-11)17-21(18,19)14-7-8-15(20-2)12(9-14)10-16/h3-9,17H,10,16H2,1-2H3. The van der Waals surface area contributed by atoms with Crippen molar-refractivity contribution in [2.45, 2.75) is 18.4 Å². The number of hydrogen-bond acceptors (Lipinski definition) is 4. The lowest BCUT2D eigenvalue weighted by Crippen LogP contribution is -2.14. The third kappa shape index (κ3) is 3.53. The van der Waals surface area contributed by atoms with Crippen LogP contribution in [0.15, 0.2) is 47.4 Å². The summed E-state index contributed by atoms with van der Waals surface area (Å²) in [7, 11) is -2.12. The molecule has 6 heteroatoms. The number of methoxy groups -OCH3 is 1. The molecule has 0 radical (unpaired) electrons. The van der Waals surface area contributed by atoms with Crippen LogP contribution in [0.2, 0.25) is 0 Å². The molecule has 5 nitrogen and oxygen atoms in total. The smallest absolute Gasteiger partial charge is 0.261 e. The number of aryl methyl sites for hydroxylation is 1. The zero-order valence-corrected chi connectivity index (χ0v) is 12.8. The van der Waals surface area contributed by atoms with Gasteiger partial charge in [-0.15, -0.1) is 0 Å². The Balaban J connectivity index is 2.33. The molecule has 0 spiro atoms. The van der Waals surface area contributed by atoms with E-state index in [1.54, 1.807) is 18.2 Å². The Bertz CT molecular complexity index is 725. The van der Waals surface area contributed by atoms with Crippen molar-refractivity contribution in [3.8, 4) is 5.75 Å². The van der Waals surface area contributed by atoms with E-state index in [9.17, 15) is 8.42 Å². The molecule has 0 bridgehead atoms. The molecule has 0 aliphatic carbocycles. The Hall–Kier alpha value is -2.05. The Morgan fingerprint density at radius 3 is 2.38 bits per heavy atom. The third-order valence-electron chi connectivity index (χ3n) is 3.09. The number of nitrogens with one attached hydrogen (secondary N) is 1. The van der Waals surface area contributed by atoms with E-state index < -0.39 is 10.0 Å². The maximum Gasteiger partial charge on any atom is 0.261 e. The predicted octanol–water partition coefficient (Wildman–Crippen LogP) is 2.26. The van der Waals surface area contributed by atoms with Gasteiger partial charge in [0.1, 0.15) is 5.75 Å². The molecule has 0 unspecified atom stereocenters. The zero-order valence-electron chi connectivity index (χ0n) is 12.0. The van der Waals surface area contributed by atoms with Gasteiger partial charge in [-0.05, 0) is 37.3 Å². The molecule has 112 valence electrons. The molecule has 0 atom stereocenters. The van der Waals surface area contributed by atoms with Gasteiger partial charge in [0, 0.05) is 17.8 Å². The summed E-state index contributed by atoms with van der Waals surface area (Å²) in [6, 6.07) is 11.8. The van der Waals surface area contributed by atoms with Crippen molar-refractivity contribution in [3.05, 3.63) is 53.6 Å². The summed E-state index contributed by atoms with van der Waals surface area (Å²) >= 11 is 0. The van der Waals surface area contributed by atoms with Gasteiger partial charge in [-0.25, -0.2) is 8.42 Å². The molecule has 3 N–H and O–H groups in total. The fourth-order valence-corrected chi connectivity index (χ4v) is 3.03. The molecule has 0 aliphatic heterocycles. The second kappa shape index (κ2) is 6.15. The fourth-order valence-electron chi connectivity index (χ4n) is 1.92. The van der Waals surface area contributed by atoms with Gasteiger partial charge in [-0.2, -0.15) is 0 Å². The number of hydrogen-bond donors (Lipinski definition) is 2. The minimum absolute atomic E-state index is 0.157. The van der Waals surface area contributed by atoms with Crippen LogP contribution in [-0.2, 0) is 16.6 Å². The van der Waals surface area contributed by atoms with E-state index in [1.165, 1.54) is 19.2 Å². The number of anilines is 1. The largest absolute Gasteiger partial charge is 0.496 e. The van der Waals surface area contributed by atoms with Crippen LogP contribution in [0.3, 0.4) is 0 Å². The SMILES string of the molecule is COc1ccc(S(=O)(=O)Nc2ccc(C)cc2)cc1CN. The monoisotopic (exact) mass is 306 g/mol. The van der Waals surface area contributed by atoms with Gasteiger partial charge < -0.3 is 10.5 Å². The van der Waals surface area contributed by atoms with Gasteiger partial charge in [0.15, 0.2) is 0 Å². The summed E-state index contributed by atoms with van der Waals surface area (Å²) in [6.45, 7) is 2.15. The average Bonchev–Trinajstić information content (AvgIpc) is 2.48. The first kappa shape index (κ1) is 15.3. The summed E-state index contributed by atoms with van der Waals surface area (Å²) < 4.78 is 32.4. The van der Waals surface area contributed by atoms with Crippen LogP contribution in [0.4, 0.5) is 5.69 Å². The Morgan fingerprint density at radius 1 is 1.14 bits per heavy atom. The lowest BCUT2D eigenvalue weighted by atomic mass is 10.2. The normalized spacial score (nSPS) is 11.2. The molecule has 0 saturated heterocycles. The minimum Gasteiger partial charge on any atom is -0.496 e. The zero-order chi connectivity index (χ0) is 15.5. The van der Waals surface area contributed by atoms with Crippen LogP contribution in [-0.4, -0.2) is 15.5 Å². The van der Waals surface area contributed by atoms with Gasteiger partial charge in [0.05, 0.1) is 12.0 Å². The number of sulfonamides is 1. The van der Waals surface area contributed by atoms with Gasteiger partial charge in [0.25, 0.3) is 10.0 Å². The third-order valence-corrected chi connectivity index (χ3v) is 4.46. The van der Waals surface area contributed by atoms with Crippen molar-refractivity contribution in [2.75, 3.05) is 11.8 Å². The summed E-state index contributed by atoms with van der Waals surface area (Å²) in [6.07, 6.45) is 0. The molecule has 0 heterocycles. The van der Waals surface area contributed by atoms with Crippen LogP contribution < -0.4 is 15.2 Å². The topological polar surface area (TPSA) is 81.4 Å². The van der Waals surface area contributed by atoms with Gasteiger partial charge in [0.2, 0.25) is 0 Å². The van der Waals surface area contributed by atoms with E-state index in [0.29, 0.717) is 17.0 Å². The lowest BCUT2D eigenvalue weighted by molar-refractivity contribution is 0.409. The molecule has 21 heavy (non-hydrogen) atoms. The van der Waals surface area contributed by atoms with Gasteiger partial charge >= 0.3 is 0 Å². The second-order valence-corrected chi connectivity index (χ2v) is 6.33. The summed E-state index contributed by atoms with van der Waals surface area (Å²) in [4.78, 5) is 0.157. The molecule has 0 fully saturated rings. The van der Waals surface area contributed by atoms with Crippen molar-refractivity contribution in [3.63, 3.8) is 0 Å². The first-order valence-electron chi connectivity index (χ1n) is 6.43. The summed E-state index contributed by atoms with van der Waals surface area (Å²) in [5.41, 5.74) is 7.84. The van der Waals surface area contributed by atoms with Crippen molar-refractivity contribution >= 4 is 15.7 Å². The van der Waals surface area contributed by atoms with E-state index in [-0.39, 0.29) is 11.4 Å². The summed E-state index contributed by atoms with van der Waals surface area (Å²) in [5, 5.41) is 0. The van der Waals surface area contributed by atoms with E-state index >= 15 is 0 Å². The van der Waals surface area contributed by atoms with Crippen molar-refractivity contribution in [2.24, 2.45) is 5.73 Å². The molecule has 2 aromatic carbocycles. The molecule has 0 aromatic heterocycles. The van der Waals surface area contributed by atoms with Gasteiger partial charge in [-0.3, -0.25) is 4.72 Å². The molecule has 2 rings (SSSR count). The van der Waals surface area contributed by atoms with E-state index in [2.05, 4.69) is 4.72 Å². The highest BCUT2D eigenvalue weighted by Gasteiger charge is 2.16. The van der Waals surface area contributed by atoms with Gasteiger partial charge in [-0.1, -0.05) is 17.7 Å². The molecular weight excluding hydrogens is 288 g/mol. The first-order valence-corrected chi connectivity index (χ1v) is 7.91. The van der Waals surface area contributed by atoms with Crippen LogP contribution >= 0.6 is 0 Å². The van der Waals surface area contributed by atoms with Crippen molar-refractivity contribution < 1.29 is 13.2 Å². The van der Waals surface area contributed by atoms with Crippen LogP contribution in [0.5, 0.6) is 5.75 Å². The van der Waals surface area contributed by atoms with E-state index in [4.69, 9.17) is 10.5 Å². The quantitative estimate of drug-likeness (QED) is 0.888. The summed E-state index contributed by atoms with van der Waals surface area (Å²) in [5.74, 6) is 0.576. The number of nitrogens with two attached hydrogens (primary N) is 1. The molecule has 0 amide bonds. The highest BCUT2D eigenvalue weighted by atomic mass is 32.2. The Labute approximate surface area is 124 Å². The molecule has 0 saturated carbocycles. The maximum atomic E-state index is 12.4. The van der Waals surface area contributed by atoms with E-state index in [0.717, 1.165) is 5.56 Å². The lowest BCUT2D eigenvalue weighted by Gasteiger charge is -2.11. The Morgan fingerprint density at radius 2 is 1.81 bits per heavy atom. The second-order valence-electron chi connectivity index (χ2n) is 4.65. The number of benzene rings is 2. The maximum absolute atomic E-state index is 12.4. The first-order chi connectivity index (χ1) is 9.96. The number of rotatable bonds is 5. The number of ether oxygens (including phenoxy) is 1. The van der Waals surface area contributed by atoms with Crippen LogP contribution in [0.25, 0.3) is 0 Å². The van der Waals surface area contributed by atoms with Crippen molar-refractivity contribution in [1.82, 2.24) is 0 Å². The molecular formula is C15H18N2O3S. The Kier molecular flexibility index (Phi) is 4.50. The van der Waals surface area contributed by atoms with E-state index in [1.807, 2.05) is 19.1 Å². The predicted molar refractivity (Wildman–Crippen MR) is 82.9 cm³/mol. The van der Waals surface area contributed by atoms with Crippen molar-refractivity contribution in [1.29, 1.82) is 0 Å². The minimum atomic E-state index is -3.64. The fraction of sp³-hybridized carbons (Fsp3) is 0.200. The molecule has 2 aromatic rings. The van der Waals surface area contributed by atoms with Crippen LogP contribution in [0.1, 0.15) is 11.1 Å². The molecule has 0 aliphatic rings. The highest BCUT2D eigenvalue weighted by Crippen LogP contribution is 2.23. The average molecular weight is 306 g/mol.